The molecule has 0 amide bonds. The number of hydrogen-bond donors (Lipinski definition) is 0. The number of fused-ring (bicyclic) bond motifs is 3. The molecule has 0 heterocycles. The summed E-state index contributed by atoms with van der Waals surface area (Å²) in [7, 11) is 0. The van der Waals surface area contributed by atoms with E-state index in [0.717, 1.165) is 19.3 Å². The van der Waals surface area contributed by atoms with Crippen molar-refractivity contribution < 1.29 is 49.0 Å². The molecule has 0 spiro atoms. The van der Waals surface area contributed by atoms with Crippen molar-refractivity contribution in [3.8, 4) is 11.1 Å². The Morgan fingerprint density at radius 1 is 0.773 bits per heavy atom. The third-order valence-electron chi connectivity index (χ3n) is 8.36. The van der Waals surface area contributed by atoms with E-state index in [0.29, 0.717) is 0 Å². The molecule has 0 aliphatic heterocycles. The summed E-state index contributed by atoms with van der Waals surface area (Å²) in [5, 5.41) is 0. The summed E-state index contributed by atoms with van der Waals surface area (Å²) in [6.07, 6.45) is 9.91. The Balaban J connectivity index is 0.000000280. The molecule has 0 N–H and O–H groups in total. The average molecular weight is 698 g/mol. The molecule has 3 heteroatoms. The van der Waals surface area contributed by atoms with Gasteiger partial charge >= 0.3 is 99.2 Å². The molecule has 6 rings (SSSR count). The molecular formula is C41H43Cl2Zr-. The van der Waals surface area contributed by atoms with Crippen molar-refractivity contribution >= 4 is 8.78 Å². The number of rotatable bonds is 4. The quantitative estimate of drug-likeness (QED) is 0.245. The second-order valence-electron chi connectivity index (χ2n) is 13.5. The summed E-state index contributed by atoms with van der Waals surface area (Å²) in [5.41, 5.74) is 16.0. The van der Waals surface area contributed by atoms with Crippen LogP contribution in [0.1, 0.15) is 99.4 Å². The normalized spacial score (nSPS) is 13.1. The molecule has 0 radical (unpaired) electrons. The molecule has 44 heavy (non-hydrogen) atoms. The first-order valence-electron chi connectivity index (χ1n) is 15.3. The average Bonchev–Trinajstić information content (AvgIpc) is 3.64. The number of benzene rings is 4. The SMILES string of the molecule is CCc1c(C2=CC=CC2)c(C(C)(C)C)[c-]c2c1-c1ccc(C(C)(C)C)cc1C2.[Cl-].[Cl-].[Zr+2]=[C](c1ccccc1)c1ccccc1. The van der Waals surface area contributed by atoms with Crippen LogP contribution in [0.5, 0.6) is 0 Å². The van der Waals surface area contributed by atoms with Gasteiger partial charge in [-0.2, -0.15) is 6.07 Å². The second-order valence-corrected chi connectivity index (χ2v) is 14.8. The van der Waals surface area contributed by atoms with Crippen molar-refractivity contribution in [3.05, 3.63) is 148 Å². The molecule has 2 aliphatic carbocycles. The van der Waals surface area contributed by atoms with E-state index < -0.39 is 0 Å². The minimum absolute atomic E-state index is 0. The molecule has 0 unspecified atom stereocenters. The van der Waals surface area contributed by atoms with Crippen LogP contribution in [0.3, 0.4) is 0 Å². The van der Waals surface area contributed by atoms with E-state index in [1.807, 2.05) is 0 Å². The van der Waals surface area contributed by atoms with Crippen molar-refractivity contribution in [2.45, 2.75) is 78.6 Å². The van der Waals surface area contributed by atoms with Gasteiger partial charge in [0.1, 0.15) is 0 Å². The van der Waals surface area contributed by atoms with E-state index in [-0.39, 0.29) is 35.6 Å². The zero-order valence-electron chi connectivity index (χ0n) is 27.1. The Kier molecular flexibility index (Phi) is 12.2. The van der Waals surface area contributed by atoms with Crippen LogP contribution in [0, 0.1) is 6.07 Å². The van der Waals surface area contributed by atoms with Gasteiger partial charge in [0.25, 0.3) is 0 Å². The zero-order valence-corrected chi connectivity index (χ0v) is 31.1. The van der Waals surface area contributed by atoms with Gasteiger partial charge in [0.05, 0.1) is 0 Å². The first-order valence-corrected chi connectivity index (χ1v) is 16.5. The Morgan fingerprint density at radius 2 is 1.36 bits per heavy atom. The zero-order chi connectivity index (χ0) is 30.1. The van der Waals surface area contributed by atoms with Crippen molar-refractivity contribution in [2.75, 3.05) is 0 Å². The fourth-order valence-corrected chi connectivity index (χ4v) is 6.93. The molecule has 4 aromatic carbocycles. The number of allylic oxidation sites excluding steroid dienone is 4. The summed E-state index contributed by atoms with van der Waals surface area (Å²) in [4.78, 5) is 0. The van der Waals surface area contributed by atoms with Gasteiger partial charge in [-0.05, 0) is 34.8 Å². The van der Waals surface area contributed by atoms with Gasteiger partial charge in [-0.1, -0.05) is 102 Å². The molecule has 0 saturated heterocycles. The fraction of sp³-hybridized carbons (Fsp3) is 0.293. The molecule has 0 fully saturated rings. The monoisotopic (exact) mass is 695 g/mol. The van der Waals surface area contributed by atoms with Gasteiger partial charge in [0, 0.05) is 0 Å². The molecule has 4 aromatic rings. The van der Waals surface area contributed by atoms with Crippen LogP contribution in [0.15, 0.2) is 97.1 Å². The van der Waals surface area contributed by atoms with Crippen molar-refractivity contribution in [1.82, 2.24) is 0 Å². The van der Waals surface area contributed by atoms with Gasteiger partial charge in [-0.3, -0.25) is 0 Å². The Bertz CT molecular complexity index is 1620. The summed E-state index contributed by atoms with van der Waals surface area (Å²) in [5.74, 6) is 0. The Labute approximate surface area is 293 Å². The third-order valence-corrected chi connectivity index (χ3v) is 9.78. The molecule has 226 valence electrons. The van der Waals surface area contributed by atoms with E-state index >= 15 is 0 Å². The molecular weight excluding hydrogens is 655 g/mol. The molecule has 0 saturated carbocycles. The maximum absolute atomic E-state index is 3.92. The Morgan fingerprint density at radius 3 is 1.84 bits per heavy atom. The summed E-state index contributed by atoms with van der Waals surface area (Å²) >= 11 is 1.46. The van der Waals surface area contributed by atoms with Crippen LogP contribution in [-0.4, -0.2) is 3.21 Å². The van der Waals surface area contributed by atoms with Crippen LogP contribution < -0.4 is 24.8 Å². The maximum atomic E-state index is 3.92. The fourth-order valence-electron chi connectivity index (χ4n) is 6.11. The van der Waals surface area contributed by atoms with Crippen molar-refractivity contribution in [3.63, 3.8) is 0 Å². The van der Waals surface area contributed by atoms with E-state index in [4.69, 9.17) is 0 Å². The van der Waals surface area contributed by atoms with Gasteiger partial charge in [0.2, 0.25) is 0 Å². The summed E-state index contributed by atoms with van der Waals surface area (Å²) in [6, 6.07) is 32.2. The number of halogens is 2. The minimum atomic E-state index is 0. The molecule has 2 aliphatic rings. The predicted molar refractivity (Wildman–Crippen MR) is 178 cm³/mol. The van der Waals surface area contributed by atoms with Crippen molar-refractivity contribution in [2.24, 2.45) is 0 Å². The summed E-state index contributed by atoms with van der Waals surface area (Å²) in [6.45, 7) is 16.2. The van der Waals surface area contributed by atoms with Gasteiger partial charge < -0.3 is 24.8 Å². The van der Waals surface area contributed by atoms with Crippen LogP contribution in [0.2, 0.25) is 0 Å². The van der Waals surface area contributed by atoms with Gasteiger partial charge in [-0.25, -0.2) is 0 Å². The Hall–Kier alpha value is -2.31. The topological polar surface area (TPSA) is 0 Å². The standard InChI is InChI=1S/C28H33.C13H10.2ClH.Zr/c1-8-22-25-20(15-19-16-21(27(2,3)4)13-14-23(19)25)17-24(28(5,6)7)26(22)18-11-9-10-12-18;1-3-7-12(8-4-1)11-13-9-5-2-6-10-13;;;/h9-11,13-14,16H,8,12,15H2,1-7H3;1-10H;2*1H;/q-1;;;;+2/p-2. The molecule has 0 bridgehead atoms. The number of hydrogen-bond acceptors (Lipinski definition) is 0. The van der Waals surface area contributed by atoms with Crippen LogP contribution >= 0.6 is 0 Å². The third kappa shape index (κ3) is 7.73. The van der Waals surface area contributed by atoms with Crippen LogP contribution in [0.25, 0.3) is 16.7 Å². The molecule has 0 aromatic heterocycles. The first-order chi connectivity index (χ1) is 20.0. The van der Waals surface area contributed by atoms with E-state index in [1.54, 1.807) is 0 Å². The second kappa shape index (κ2) is 14.9. The van der Waals surface area contributed by atoms with E-state index in [1.165, 1.54) is 88.6 Å². The molecule has 0 atom stereocenters. The van der Waals surface area contributed by atoms with E-state index in [9.17, 15) is 0 Å². The van der Waals surface area contributed by atoms with Crippen LogP contribution in [-0.2, 0) is 47.9 Å². The van der Waals surface area contributed by atoms with E-state index in [2.05, 4.69) is 152 Å². The predicted octanol–water partition coefficient (Wildman–Crippen LogP) is 4.37. The van der Waals surface area contributed by atoms with Gasteiger partial charge in [-0.15, -0.1) is 27.8 Å². The van der Waals surface area contributed by atoms with Gasteiger partial charge in [0.15, 0.2) is 0 Å². The first kappa shape index (κ1) is 36.2. The van der Waals surface area contributed by atoms with Crippen LogP contribution in [0.4, 0.5) is 0 Å². The molecule has 0 nitrogen and oxygen atoms in total. The van der Waals surface area contributed by atoms with Crippen molar-refractivity contribution in [1.29, 1.82) is 0 Å². The summed E-state index contributed by atoms with van der Waals surface area (Å²) < 4.78 is 1.42.